The highest BCUT2D eigenvalue weighted by Gasteiger charge is 2.44. The number of amides is 3. The number of anilines is 2. The summed E-state index contributed by atoms with van der Waals surface area (Å²) in [7, 11) is 0. The van der Waals surface area contributed by atoms with Crippen LogP contribution in [0.5, 0.6) is 0 Å². The lowest BCUT2D eigenvalue weighted by atomic mass is 9.90. The number of nitrogens with one attached hydrogen (secondary N) is 3. The van der Waals surface area contributed by atoms with Crippen molar-refractivity contribution in [1.82, 2.24) is 14.9 Å². The quantitative estimate of drug-likeness (QED) is 0.303. The van der Waals surface area contributed by atoms with Gasteiger partial charge in [-0.1, -0.05) is 11.6 Å². The number of benzene rings is 2. The van der Waals surface area contributed by atoms with E-state index in [1.54, 1.807) is 0 Å². The second-order valence-corrected chi connectivity index (χ2v) is 8.62. The van der Waals surface area contributed by atoms with Gasteiger partial charge < -0.3 is 30.7 Å². The van der Waals surface area contributed by atoms with Crippen molar-refractivity contribution in [1.29, 1.82) is 0 Å². The normalized spacial score (nSPS) is 14.2. The number of carbonyl (C=O) groups excluding carboxylic acids is 3. The zero-order valence-electron chi connectivity index (χ0n) is 18.5. The number of likely N-dealkylation sites (tertiary alicyclic amines) is 1. The SMILES string of the molecule is O=C(Nc1ccc(NC(=O)c2nc[nH]c2C(=O)N2CC(O)(CCO)C2)cc1)c1cc(F)c(F)cc1Cl. The number of hydrogen-bond acceptors (Lipinski definition) is 6. The molecule has 2 heterocycles. The summed E-state index contributed by atoms with van der Waals surface area (Å²) in [5.74, 6) is -4.34. The zero-order valence-corrected chi connectivity index (χ0v) is 19.3. The Bertz CT molecular complexity index is 1320. The smallest absolute Gasteiger partial charge is 0.276 e. The van der Waals surface area contributed by atoms with Crippen LogP contribution in [0.25, 0.3) is 0 Å². The van der Waals surface area contributed by atoms with E-state index in [0.717, 1.165) is 0 Å². The number of H-pyrrole nitrogens is 1. The molecule has 0 bridgehead atoms. The van der Waals surface area contributed by atoms with E-state index in [-0.39, 0.29) is 48.1 Å². The Kier molecular flexibility index (Phi) is 7.02. The molecule has 1 fully saturated rings. The van der Waals surface area contributed by atoms with Crippen LogP contribution in [0, 0.1) is 11.6 Å². The molecule has 0 spiro atoms. The molecule has 1 aromatic heterocycles. The second-order valence-electron chi connectivity index (χ2n) is 8.22. The van der Waals surface area contributed by atoms with E-state index < -0.39 is 35.0 Å². The third-order valence-corrected chi connectivity index (χ3v) is 5.87. The Balaban J connectivity index is 1.38. The predicted molar refractivity (Wildman–Crippen MR) is 125 cm³/mol. The number of aromatic amines is 1. The van der Waals surface area contributed by atoms with Crippen molar-refractivity contribution in [3.05, 3.63) is 76.3 Å². The van der Waals surface area contributed by atoms with Crippen LogP contribution in [0.15, 0.2) is 42.7 Å². The summed E-state index contributed by atoms with van der Waals surface area (Å²) in [6, 6.07) is 7.26. The van der Waals surface area contributed by atoms with E-state index >= 15 is 0 Å². The summed E-state index contributed by atoms with van der Waals surface area (Å²) >= 11 is 5.82. The Morgan fingerprint density at radius 3 is 2.25 bits per heavy atom. The third kappa shape index (κ3) is 5.20. The van der Waals surface area contributed by atoms with Crippen molar-refractivity contribution in [2.45, 2.75) is 12.0 Å². The van der Waals surface area contributed by atoms with E-state index in [2.05, 4.69) is 20.6 Å². The maximum Gasteiger partial charge on any atom is 0.276 e. The van der Waals surface area contributed by atoms with E-state index in [0.29, 0.717) is 23.5 Å². The minimum Gasteiger partial charge on any atom is -0.396 e. The molecule has 3 amide bonds. The first kappa shape index (κ1) is 25.2. The van der Waals surface area contributed by atoms with Gasteiger partial charge >= 0.3 is 0 Å². The molecule has 1 aliphatic rings. The molecule has 188 valence electrons. The average Bonchev–Trinajstić information content (AvgIpc) is 3.31. The summed E-state index contributed by atoms with van der Waals surface area (Å²) in [5, 5.41) is 24.0. The summed E-state index contributed by atoms with van der Waals surface area (Å²) in [5.41, 5.74) is -0.983. The average molecular weight is 520 g/mol. The fraction of sp³-hybridized carbons (Fsp3) is 0.217. The van der Waals surface area contributed by atoms with Gasteiger partial charge in [0.15, 0.2) is 17.3 Å². The van der Waals surface area contributed by atoms with Gasteiger partial charge in [0.1, 0.15) is 11.3 Å². The van der Waals surface area contributed by atoms with Gasteiger partial charge in [0.05, 0.1) is 30.0 Å². The Hall–Kier alpha value is -3.87. The van der Waals surface area contributed by atoms with Crippen molar-refractivity contribution < 1.29 is 33.4 Å². The number of hydrogen-bond donors (Lipinski definition) is 5. The van der Waals surface area contributed by atoms with Crippen molar-refractivity contribution in [3.63, 3.8) is 0 Å². The van der Waals surface area contributed by atoms with Crippen LogP contribution in [0.2, 0.25) is 5.02 Å². The molecule has 0 unspecified atom stereocenters. The van der Waals surface area contributed by atoms with Crippen LogP contribution < -0.4 is 10.6 Å². The van der Waals surface area contributed by atoms with Crippen molar-refractivity contribution in [2.24, 2.45) is 0 Å². The fourth-order valence-electron chi connectivity index (χ4n) is 3.68. The van der Waals surface area contributed by atoms with Crippen molar-refractivity contribution in [3.8, 4) is 0 Å². The first-order valence-electron chi connectivity index (χ1n) is 10.6. The fourth-order valence-corrected chi connectivity index (χ4v) is 3.92. The summed E-state index contributed by atoms with van der Waals surface area (Å²) in [4.78, 5) is 45.6. The molecule has 5 N–H and O–H groups in total. The molecule has 10 nitrogen and oxygen atoms in total. The minimum absolute atomic E-state index is 0.0232. The Morgan fingerprint density at radius 2 is 1.64 bits per heavy atom. The number of aliphatic hydroxyl groups excluding tert-OH is 1. The molecule has 13 heteroatoms. The summed E-state index contributed by atoms with van der Waals surface area (Å²) in [6.45, 7) is -0.165. The molecule has 0 atom stereocenters. The van der Waals surface area contributed by atoms with Gasteiger partial charge in [-0.15, -0.1) is 0 Å². The summed E-state index contributed by atoms with van der Waals surface area (Å²) in [6.07, 6.45) is 1.33. The van der Waals surface area contributed by atoms with Gasteiger partial charge in [0.25, 0.3) is 17.7 Å². The first-order chi connectivity index (χ1) is 17.1. The van der Waals surface area contributed by atoms with E-state index in [4.69, 9.17) is 16.7 Å². The highest BCUT2D eigenvalue weighted by atomic mass is 35.5. The van der Waals surface area contributed by atoms with Gasteiger partial charge in [-0.2, -0.15) is 0 Å². The number of nitrogens with zero attached hydrogens (tertiary/aromatic N) is 2. The number of β-amino-alcohol motifs (C(OH)–C–C–N with tert-alkyl or cyclic N) is 1. The molecular weight excluding hydrogens is 500 g/mol. The van der Waals surface area contributed by atoms with Crippen LogP contribution in [0.4, 0.5) is 20.2 Å². The van der Waals surface area contributed by atoms with Gasteiger partial charge in [-0.3, -0.25) is 14.4 Å². The molecule has 2 aromatic carbocycles. The molecule has 0 saturated carbocycles. The maximum absolute atomic E-state index is 13.5. The largest absolute Gasteiger partial charge is 0.396 e. The highest BCUT2D eigenvalue weighted by Crippen LogP contribution is 2.26. The molecule has 4 rings (SSSR count). The van der Waals surface area contributed by atoms with Crippen LogP contribution >= 0.6 is 11.6 Å². The van der Waals surface area contributed by atoms with Gasteiger partial charge in [0.2, 0.25) is 0 Å². The maximum atomic E-state index is 13.5. The molecule has 3 aromatic rings. The van der Waals surface area contributed by atoms with Crippen molar-refractivity contribution >= 4 is 40.7 Å². The molecule has 0 aliphatic carbocycles. The number of rotatable bonds is 7. The van der Waals surface area contributed by atoms with E-state index in [1.165, 1.54) is 35.5 Å². The lowest BCUT2D eigenvalue weighted by Gasteiger charge is -2.46. The van der Waals surface area contributed by atoms with Gasteiger partial charge in [0, 0.05) is 24.4 Å². The Morgan fingerprint density at radius 1 is 1.06 bits per heavy atom. The standard InChI is InChI=1S/C23H20ClF2N5O5/c24-15-8-17(26)16(25)7-14(15)20(33)29-12-1-3-13(4-2-12)30-21(34)18-19(28-11-27-18)22(35)31-9-23(36,10-31)5-6-32/h1-4,7-8,11,32,36H,5-6,9-10H2,(H,27,28)(H,29,33)(H,30,34). The number of imidazole rings is 1. The van der Waals surface area contributed by atoms with E-state index in [9.17, 15) is 28.3 Å². The van der Waals surface area contributed by atoms with Crippen LogP contribution in [0.3, 0.4) is 0 Å². The Labute approximate surface area is 207 Å². The summed E-state index contributed by atoms with van der Waals surface area (Å²) < 4.78 is 26.7. The second kappa shape index (κ2) is 10.0. The number of carbonyl (C=O) groups is 3. The number of halogens is 3. The van der Waals surface area contributed by atoms with Gasteiger partial charge in [-0.05, 0) is 36.4 Å². The lowest BCUT2D eigenvalue weighted by Crippen LogP contribution is -2.63. The molecule has 1 aliphatic heterocycles. The number of aliphatic hydroxyl groups is 2. The lowest BCUT2D eigenvalue weighted by molar-refractivity contribution is -0.0925. The van der Waals surface area contributed by atoms with Gasteiger partial charge in [-0.25, -0.2) is 13.8 Å². The highest BCUT2D eigenvalue weighted by molar-refractivity contribution is 6.34. The number of aromatic nitrogens is 2. The minimum atomic E-state index is -1.21. The molecular formula is C23H20ClF2N5O5. The zero-order chi connectivity index (χ0) is 26.0. The van der Waals surface area contributed by atoms with Crippen molar-refractivity contribution in [2.75, 3.05) is 30.3 Å². The van der Waals surface area contributed by atoms with E-state index in [1.807, 2.05) is 0 Å². The monoisotopic (exact) mass is 519 g/mol. The topological polar surface area (TPSA) is 148 Å². The van der Waals surface area contributed by atoms with Crippen LogP contribution in [0.1, 0.15) is 37.8 Å². The first-order valence-corrected chi connectivity index (χ1v) is 11.0. The van der Waals surface area contributed by atoms with Crippen LogP contribution in [-0.2, 0) is 0 Å². The molecule has 1 saturated heterocycles. The predicted octanol–water partition coefficient (Wildman–Crippen LogP) is 2.42. The third-order valence-electron chi connectivity index (χ3n) is 5.56. The molecule has 36 heavy (non-hydrogen) atoms. The molecule has 0 radical (unpaired) electrons. The van der Waals surface area contributed by atoms with Crippen LogP contribution in [-0.4, -0.2) is 68.1 Å².